The van der Waals surface area contributed by atoms with Crippen LogP contribution in [-0.2, 0) is 16.0 Å². The molecule has 2 aliphatic rings. The maximum atomic E-state index is 12.6. The number of nitrogens with zero attached hydrogens (tertiary/aromatic N) is 1. The average molecular weight is 337 g/mol. The zero-order chi connectivity index (χ0) is 17.4. The molecule has 2 amide bonds. The van der Waals surface area contributed by atoms with Gasteiger partial charge in [0.1, 0.15) is 6.04 Å². The van der Waals surface area contributed by atoms with Crippen molar-refractivity contribution < 1.29 is 9.59 Å². The number of fused-ring (bicyclic) bond motifs is 1. The fraction of sp³-hybridized carbons (Fsp3) is 0.400. The lowest BCUT2D eigenvalue weighted by Gasteiger charge is -2.22. The van der Waals surface area contributed by atoms with Gasteiger partial charge in [-0.1, -0.05) is 24.8 Å². The van der Waals surface area contributed by atoms with Crippen LogP contribution in [-0.4, -0.2) is 40.8 Å². The maximum absolute atomic E-state index is 12.6. The first-order valence-electron chi connectivity index (χ1n) is 8.88. The van der Waals surface area contributed by atoms with Crippen LogP contribution in [0.2, 0.25) is 0 Å². The third kappa shape index (κ3) is 2.95. The van der Waals surface area contributed by atoms with Crippen molar-refractivity contribution in [2.24, 2.45) is 5.41 Å². The highest BCUT2D eigenvalue weighted by molar-refractivity contribution is 5.93. The molecule has 25 heavy (non-hydrogen) atoms. The number of carbonyl (C=O) groups excluding carboxylic acids is 2. The van der Waals surface area contributed by atoms with E-state index in [0.717, 1.165) is 31.2 Å². The first-order valence-corrected chi connectivity index (χ1v) is 8.88. The lowest BCUT2D eigenvalue weighted by atomic mass is 10.0. The van der Waals surface area contributed by atoms with Crippen LogP contribution < -0.4 is 5.32 Å². The second-order valence-corrected chi connectivity index (χ2v) is 7.29. The molecule has 1 saturated carbocycles. The van der Waals surface area contributed by atoms with E-state index in [1.165, 1.54) is 17.0 Å². The van der Waals surface area contributed by atoms with Gasteiger partial charge < -0.3 is 15.2 Å². The number of nitrogens with one attached hydrogen (secondary N) is 2. The Kier molecular flexibility index (Phi) is 3.86. The second kappa shape index (κ2) is 6.06. The minimum atomic E-state index is -0.351. The van der Waals surface area contributed by atoms with Gasteiger partial charge in [-0.2, -0.15) is 0 Å². The van der Waals surface area contributed by atoms with E-state index in [0.29, 0.717) is 13.1 Å². The Morgan fingerprint density at radius 3 is 2.92 bits per heavy atom. The Bertz CT molecular complexity index is 834. The van der Waals surface area contributed by atoms with Crippen molar-refractivity contribution in [1.29, 1.82) is 0 Å². The summed E-state index contributed by atoms with van der Waals surface area (Å²) in [7, 11) is 0. The van der Waals surface area contributed by atoms with Crippen LogP contribution >= 0.6 is 0 Å². The highest BCUT2D eigenvalue weighted by atomic mass is 16.2. The maximum Gasteiger partial charge on any atom is 0.246 e. The van der Waals surface area contributed by atoms with Gasteiger partial charge >= 0.3 is 0 Å². The molecule has 2 fully saturated rings. The predicted octanol–water partition coefficient (Wildman–Crippen LogP) is 2.39. The molecule has 130 valence electrons. The number of H-pyrrole nitrogens is 1. The number of para-hydroxylation sites is 1. The van der Waals surface area contributed by atoms with Crippen LogP contribution in [0.3, 0.4) is 0 Å². The summed E-state index contributed by atoms with van der Waals surface area (Å²) in [4.78, 5) is 29.7. The first-order chi connectivity index (χ1) is 12.1. The fourth-order valence-corrected chi connectivity index (χ4v) is 3.96. The largest absolute Gasteiger partial charge is 0.361 e. The molecule has 1 aromatic heterocycles. The molecular weight excluding hydrogens is 314 g/mol. The summed E-state index contributed by atoms with van der Waals surface area (Å²) in [5.74, 6) is -0.181. The van der Waals surface area contributed by atoms with E-state index in [-0.39, 0.29) is 23.3 Å². The molecule has 0 unspecified atom stereocenters. The summed E-state index contributed by atoms with van der Waals surface area (Å²) >= 11 is 0. The number of hydrogen-bond donors (Lipinski definition) is 2. The number of aromatic amines is 1. The molecule has 2 aromatic rings. The molecule has 2 N–H and O–H groups in total. The van der Waals surface area contributed by atoms with Gasteiger partial charge in [0, 0.05) is 30.2 Å². The van der Waals surface area contributed by atoms with Crippen molar-refractivity contribution in [3.05, 3.63) is 48.7 Å². The standard InChI is InChI=1S/C20H23N3O2/c1-2-18(24)23-13-20(8-9-20)11-17(23)19(25)21-10-7-14-12-22-16-6-4-3-5-15(14)16/h2-6,12,17,22H,1,7-11,13H2,(H,21,25)/t17-/m0/s1. The van der Waals surface area contributed by atoms with Crippen molar-refractivity contribution in [2.45, 2.75) is 31.7 Å². The van der Waals surface area contributed by atoms with E-state index < -0.39 is 0 Å². The summed E-state index contributed by atoms with van der Waals surface area (Å²) in [5, 5.41) is 4.21. The Morgan fingerprint density at radius 1 is 1.36 bits per heavy atom. The van der Waals surface area contributed by atoms with Crippen molar-refractivity contribution in [3.8, 4) is 0 Å². The third-order valence-corrected chi connectivity index (χ3v) is 5.59. The SMILES string of the molecule is C=CC(=O)N1CC2(CC2)C[C@H]1C(=O)NCCc1c[nH]c2ccccc12. The highest BCUT2D eigenvalue weighted by Crippen LogP contribution is 2.54. The molecule has 1 aromatic carbocycles. The van der Waals surface area contributed by atoms with Gasteiger partial charge in [-0.05, 0) is 48.8 Å². The Morgan fingerprint density at radius 2 is 2.16 bits per heavy atom. The molecule has 0 radical (unpaired) electrons. The van der Waals surface area contributed by atoms with E-state index >= 15 is 0 Å². The molecule has 1 aliphatic heterocycles. The molecule has 4 rings (SSSR count). The number of aromatic nitrogens is 1. The van der Waals surface area contributed by atoms with Crippen LogP contribution in [0.25, 0.3) is 10.9 Å². The van der Waals surface area contributed by atoms with E-state index in [1.807, 2.05) is 24.4 Å². The molecule has 1 saturated heterocycles. The van der Waals surface area contributed by atoms with Gasteiger partial charge in [0.25, 0.3) is 0 Å². The fourth-order valence-electron chi connectivity index (χ4n) is 3.96. The van der Waals surface area contributed by atoms with Gasteiger partial charge in [0.15, 0.2) is 0 Å². The Labute approximate surface area is 147 Å². The molecule has 2 heterocycles. The van der Waals surface area contributed by atoms with Crippen LogP contribution in [0.1, 0.15) is 24.8 Å². The van der Waals surface area contributed by atoms with Crippen molar-refractivity contribution in [3.63, 3.8) is 0 Å². The summed E-state index contributed by atoms with van der Waals surface area (Å²) in [6, 6.07) is 7.80. The Hall–Kier alpha value is -2.56. The number of benzene rings is 1. The van der Waals surface area contributed by atoms with Crippen LogP contribution in [0, 0.1) is 5.41 Å². The summed E-state index contributed by atoms with van der Waals surface area (Å²) < 4.78 is 0. The van der Waals surface area contributed by atoms with Gasteiger partial charge in [0.2, 0.25) is 11.8 Å². The lowest BCUT2D eigenvalue weighted by Crippen LogP contribution is -2.45. The van der Waals surface area contributed by atoms with Crippen LogP contribution in [0.15, 0.2) is 43.1 Å². The molecular formula is C20H23N3O2. The number of amides is 2. The van der Waals surface area contributed by atoms with Crippen LogP contribution in [0.4, 0.5) is 0 Å². The summed E-state index contributed by atoms with van der Waals surface area (Å²) in [5.41, 5.74) is 2.50. The quantitative estimate of drug-likeness (QED) is 0.823. The van der Waals surface area contributed by atoms with Gasteiger partial charge in [-0.3, -0.25) is 9.59 Å². The Balaban J connectivity index is 1.38. The zero-order valence-corrected chi connectivity index (χ0v) is 14.3. The number of likely N-dealkylation sites (tertiary alicyclic amines) is 1. The van der Waals surface area contributed by atoms with E-state index in [9.17, 15) is 9.59 Å². The molecule has 1 atom stereocenters. The van der Waals surface area contributed by atoms with E-state index in [1.54, 1.807) is 4.90 Å². The minimum absolute atomic E-state index is 0.0428. The average Bonchev–Trinajstić information content (AvgIpc) is 3.09. The monoisotopic (exact) mass is 337 g/mol. The normalized spacial score (nSPS) is 20.8. The van der Waals surface area contributed by atoms with Gasteiger partial charge in [-0.25, -0.2) is 0 Å². The number of hydrogen-bond acceptors (Lipinski definition) is 2. The molecule has 1 aliphatic carbocycles. The molecule has 5 nitrogen and oxygen atoms in total. The van der Waals surface area contributed by atoms with E-state index in [4.69, 9.17) is 0 Å². The lowest BCUT2D eigenvalue weighted by molar-refractivity contribution is -0.135. The van der Waals surface area contributed by atoms with Gasteiger partial charge in [0.05, 0.1) is 0 Å². The second-order valence-electron chi connectivity index (χ2n) is 7.29. The highest BCUT2D eigenvalue weighted by Gasteiger charge is 2.54. The molecule has 5 heteroatoms. The minimum Gasteiger partial charge on any atom is -0.361 e. The van der Waals surface area contributed by atoms with Crippen molar-refractivity contribution >= 4 is 22.7 Å². The van der Waals surface area contributed by atoms with Crippen LogP contribution in [0.5, 0.6) is 0 Å². The van der Waals surface area contributed by atoms with E-state index in [2.05, 4.69) is 22.9 Å². The molecule has 0 bridgehead atoms. The number of carbonyl (C=O) groups is 2. The topological polar surface area (TPSA) is 65.2 Å². The predicted molar refractivity (Wildman–Crippen MR) is 97.0 cm³/mol. The molecule has 1 spiro atoms. The van der Waals surface area contributed by atoms with Crippen molar-refractivity contribution in [2.75, 3.05) is 13.1 Å². The first kappa shape index (κ1) is 15.9. The smallest absolute Gasteiger partial charge is 0.246 e. The van der Waals surface area contributed by atoms with Gasteiger partial charge in [-0.15, -0.1) is 0 Å². The summed E-state index contributed by atoms with van der Waals surface area (Å²) in [6.45, 7) is 4.83. The number of rotatable bonds is 5. The zero-order valence-electron chi connectivity index (χ0n) is 14.3. The van der Waals surface area contributed by atoms with Crippen molar-refractivity contribution in [1.82, 2.24) is 15.2 Å². The third-order valence-electron chi connectivity index (χ3n) is 5.59. The summed E-state index contributed by atoms with van der Waals surface area (Å²) in [6.07, 6.45) is 7.10.